The molecule has 0 spiro atoms. The molecule has 0 aliphatic rings. The van der Waals surface area contributed by atoms with Gasteiger partial charge in [0.05, 0.1) is 0 Å². The van der Waals surface area contributed by atoms with Gasteiger partial charge in [0.1, 0.15) is 18.0 Å². The Hall–Kier alpha value is -2.09. The number of carbonyl (C=O) groups excluding carboxylic acids is 1. The van der Waals surface area contributed by atoms with Crippen LogP contribution < -0.4 is 27.2 Å². The number of hydrogen-bond acceptors (Lipinski definition) is 7. The van der Waals surface area contributed by atoms with Crippen molar-refractivity contribution in [2.45, 2.75) is 12.8 Å². The molecule has 1 aromatic carbocycles. The molecule has 0 saturated heterocycles. The largest absolute Gasteiger partial charge is 0.448 e. The molecule has 0 saturated carbocycles. The topological polar surface area (TPSA) is 114 Å². The molecule has 0 aromatic heterocycles. The summed E-state index contributed by atoms with van der Waals surface area (Å²) in [5.74, 6) is 0. The van der Waals surface area contributed by atoms with Crippen LogP contribution in [0.2, 0.25) is 0 Å². The summed E-state index contributed by atoms with van der Waals surface area (Å²) in [5.41, 5.74) is 4.31. The molecule has 0 radical (unpaired) electrons. The Morgan fingerprint density at radius 2 is 1.67 bits per heavy atom. The minimum Gasteiger partial charge on any atom is -0.448 e. The molecular formula is C13H22N4O4. The van der Waals surface area contributed by atoms with E-state index in [1.165, 1.54) is 0 Å². The molecule has 1 amide bonds. The number of rotatable bonds is 10. The van der Waals surface area contributed by atoms with Gasteiger partial charge in [-0.1, -0.05) is 0 Å². The fourth-order valence-electron chi connectivity index (χ4n) is 1.82. The highest BCUT2D eigenvalue weighted by atomic mass is 16.5. The molecule has 0 aliphatic heterocycles. The first-order valence-corrected chi connectivity index (χ1v) is 6.81. The SMILES string of the molecule is CN(C)CCCCNc1c(NCCOC(N)=O)c(=O)c1=O. The Balaban J connectivity index is 2.34. The molecule has 0 unspecified atom stereocenters. The number of hydrogen-bond donors (Lipinski definition) is 3. The molecule has 0 bridgehead atoms. The lowest BCUT2D eigenvalue weighted by atomic mass is 10.2. The van der Waals surface area contributed by atoms with Crippen LogP contribution in [0.3, 0.4) is 0 Å². The van der Waals surface area contributed by atoms with Crippen LogP contribution in [-0.4, -0.2) is 51.3 Å². The zero-order valence-corrected chi connectivity index (χ0v) is 12.4. The highest BCUT2D eigenvalue weighted by molar-refractivity contribution is 5.74. The Morgan fingerprint density at radius 3 is 2.19 bits per heavy atom. The summed E-state index contributed by atoms with van der Waals surface area (Å²) in [6.07, 6.45) is 1.03. The number of carbonyl (C=O) groups is 1. The van der Waals surface area contributed by atoms with Gasteiger partial charge in [-0.3, -0.25) is 9.59 Å². The lowest BCUT2D eigenvalue weighted by Crippen LogP contribution is -2.38. The van der Waals surface area contributed by atoms with Crippen molar-refractivity contribution >= 4 is 17.5 Å². The molecule has 8 nitrogen and oxygen atoms in total. The van der Waals surface area contributed by atoms with Crippen molar-refractivity contribution in [2.24, 2.45) is 5.73 Å². The predicted molar refractivity (Wildman–Crippen MR) is 81.7 cm³/mol. The van der Waals surface area contributed by atoms with E-state index < -0.39 is 17.0 Å². The van der Waals surface area contributed by atoms with Crippen molar-refractivity contribution in [3.05, 3.63) is 20.4 Å². The Bertz CT molecular complexity index is 534. The van der Waals surface area contributed by atoms with E-state index in [1.54, 1.807) is 0 Å². The molecule has 118 valence electrons. The third kappa shape index (κ3) is 5.42. The molecule has 0 fully saturated rings. The first-order chi connectivity index (χ1) is 9.93. The number of primary amides is 1. The molecule has 4 N–H and O–H groups in total. The molecule has 0 atom stereocenters. The average molecular weight is 298 g/mol. The van der Waals surface area contributed by atoms with Crippen LogP contribution in [0.15, 0.2) is 9.59 Å². The third-order valence-corrected chi connectivity index (χ3v) is 2.89. The van der Waals surface area contributed by atoms with Crippen LogP contribution in [0.5, 0.6) is 0 Å². The summed E-state index contributed by atoms with van der Waals surface area (Å²) >= 11 is 0. The molecule has 1 aromatic rings. The minimum absolute atomic E-state index is 0.0381. The summed E-state index contributed by atoms with van der Waals surface area (Å²) in [7, 11) is 4.00. The lowest BCUT2D eigenvalue weighted by Gasteiger charge is -2.15. The van der Waals surface area contributed by atoms with Crippen LogP contribution in [0.25, 0.3) is 0 Å². The van der Waals surface area contributed by atoms with Gasteiger partial charge >= 0.3 is 6.09 Å². The van der Waals surface area contributed by atoms with Crippen molar-refractivity contribution in [3.8, 4) is 0 Å². The highest BCUT2D eigenvalue weighted by Crippen LogP contribution is 2.13. The standard InChI is InChI=1S/C13H22N4O4/c1-17(2)7-4-3-5-15-9-10(12(19)11(9)18)16-6-8-21-13(14)20/h15-16H,3-8H2,1-2H3,(H2,14,20). The number of ether oxygens (including phenoxy) is 1. The van der Waals surface area contributed by atoms with Crippen molar-refractivity contribution in [3.63, 3.8) is 0 Å². The Kier molecular flexibility index (Phi) is 6.67. The molecule has 0 heterocycles. The monoisotopic (exact) mass is 298 g/mol. The van der Waals surface area contributed by atoms with Crippen LogP contribution in [0.1, 0.15) is 12.8 Å². The van der Waals surface area contributed by atoms with Crippen LogP contribution >= 0.6 is 0 Å². The summed E-state index contributed by atoms with van der Waals surface area (Å²) in [5, 5.41) is 5.74. The van der Waals surface area contributed by atoms with Crippen molar-refractivity contribution in [1.29, 1.82) is 0 Å². The van der Waals surface area contributed by atoms with E-state index in [0.717, 1.165) is 19.4 Å². The van der Waals surface area contributed by atoms with Crippen LogP contribution in [0, 0.1) is 0 Å². The van der Waals surface area contributed by atoms with Crippen molar-refractivity contribution < 1.29 is 9.53 Å². The van der Waals surface area contributed by atoms with Gasteiger partial charge in [-0.25, -0.2) is 4.79 Å². The zero-order valence-electron chi connectivity index (χ0n) is 12.4. The smallest absolute Gasteiger partial charge is 0.404 e. The average Bonchev–Trinajstić information content (AvgIpc) is 2.42. The summed E-state index contributed by atoms with van der Waals surface area (Å²) in [4.78, 5) is 35.4. The number of nitrogens with one attached hydrogen (secondary N) is 2. The maximum atomic E-state index is 11.5. The van der Waals surface area contributed by atoms with Gasteiger partial charge in [0.2, 0.25) is 0 Å². The maximum Gasteiger partial charge on any atom is 0.404 e. The first kappa shape index (κ1) is 17.0. The predicted octanol–water partition coefficient (Wildman–Crippen LogP) is -0.456. The van der Waals surface area contributed by atoms with E-state index in [2.05, 4.69) is 20.3 Å². The van der Waals surface area contributed by atoms with Gasteiger partial charge in [-0.2, -0.15) is 0 Å². The van der Waals surface area contributed by atoms with E-state index in [-0.39, 0.29) is 18.8 Å². The normalized spacial score (nSPS) is 10.8. The number of nitrogens with two attached hydrogens (primary N) is 1. The Morgan fingerprint density at radius 1 is 1.10 bits per heavy atom. The second-order valence-electron chi connectivity index (χ2n) is 4.94. The summed E-state index contributed by atoms with van der Waals surface area (Å²) in [6, 6.07) is 0. The van der Waals surface area contributed by atoms with Gasteiger partial charge in [0.25, 0.3) is 10.9 Å². The van der Waals surface area contributed by atoms with E-state index in [4.69, 9.17) is 5.73 Å². The number of anilines is 2. The van der Waals surface area contributed by atoms with Gasteiger partial charge in [-0.05, 0) is 33.5 Å². The molecule has 21 heavy (non-hydrogen) atoms. The Labute approximate surface area is 122 Å². The van der Waals surface area contributed by atoms with Crippen molar-refractivity contribution in [1.82, 2.24) is 4.90 Å². The van der Waals surface area contributed by atoms with E-state index in [1.807, 2.05) is 14.1 Å². The lowest BCUT2D eigenvalue weighted by molar-refractivity contribution is 0.161. The van der Waals surface area contributed by atoms with Crippen LogP contribution in [0.4, 0.5) is 16.2 Å². The van der Waals surface area contributed by atoms with E-state index >= 15 is 0 Å². The van der Waals surface area contributed by atoms with Gasteiger partial charge < -0.3 is 26.0 Å². The zero-order chi connectivity index (χ0) is 15.8. The highest BCUT2D eigenvalue weighted by Gasteiger charge is 2.19. The van der Waals surface area contributed by atoms with Gasteiger partial charge in [-0.15, -0.1) is 0 Å². The second-order valence-corrected chi connectivity index (χ2v) is 4.94. The minimum atomic E-state index is -0.874. The summed E-state index contributed by atoms with van der Waals surface area (Å²) in [6.45, 7) is 1.87. The third-order valence-electron chi connectivity index (χ3n) is 2.89. The van der Waals surface area contributed by atoms with Gasteiger partial charge in [0.15, 0.2) is 0 Å². The second kappa shape index (κ2) is 8.25. The molecule has 0 aliphatic carbocycles. The first-order valence-electron chi connectivity index (χ1n) is 6.81. The van der Waals surface area contributed by atoms with E-state index in [9.17, 15) is 14.4 Å². The maximum absolute atomic E-state index is 11.5. The number of nitrogens with zero attached hydrogens (tertiary/aromatic N) is 1. The number of unbranched alkanes of at least 4 members (excludes halogenated alkanes) is 1. The fourth-order valence-corrected chi connectivity index (χ4v) is 1.82. The van der Waals surface area contributed by atoms with E-state index in [0.29, 0.717) is 12.2 Å². The molecular weight excluding hydrogens is 276 g/mol. The molecule has 8 heteroatoms. The van der Waals surface area contributed by atoms with Crippen molar-refractivity contribution in [2.75, 3.05) is 51.0 Å². The van der Waals surface area contributed by atoms with Crippen LogP contribution in [-0.2, 0) is 4.74 Å². The molecule has 1 rings (SSSR count). The van der Waals surface area contributed by atoms with Gasteiger partial charge in [0, 0.05) is 13.1 Å². The number of amides is 1. The fraction of sp³-hybridized carbons (Fsp3) is 0.615. The summed E-state index contributed by atoms with van der Waals surface area (Å²) < 4.78 is 4.53. The quantitative estimate of drug-likeness (QED) is 0.396.